The van der Waals surface area contributed by atoms with Gasteiger partial charge in [-0.3, -0.25) is 0 Å². The minimum atomic E-state index is 0.580. The maximum absolute atomic E-state index is 5.62. The Morgan fingerprint density at radius 2 is 2.14 bits per heavy atom. The van der Waals surface area contributed by atoms with Crippen LogP contribution < -0.4 is 10.6 Å². The molecule has 0 aliphatic heterocycles. The highest BCUT2D eigenvalue weighted by Crippen LogP contribution is 2.13. The number of pyridine rings is 1. The highest BCUT2D eigenvalue weighted by molar-refractivity contribution is 5.41. The van der Waals surface area contributed by atoms with Crippen LogP contribution in [0.25, 0.3) is 0 Å². The Kier molecular flexibility index (Phi) is 3.89. The summed E-state index contributed by atoms with van der Waals surface area (Å²) in [6.45, 7) is 5.77. The number of hydrogen-bond donors (Lipinski definition) is 1. The molecule has 0 radical (unpaired) electrons. The van der Waals surface area contributed by atoms with Crippen molar-refractivity contribution in [1.29, 1.82) is 0 Å². The van der Waals surface area contributed by atoms with Gasteiger partial charge in [0.2, 0.25) is 0 Å². The quantitative estimate of drug-likeness (QED) is 0.791. The Bertz CT molecular complexity index is 297. The minimum Gasteiger partial charge on any atom is -0.360 e. The maximum Gasteiger partial charge on any atom is 0.128 e. The predicted molar refractivity (Wildman–Crippen MR) is 60.4 cm³/mol. The van der Waals surface area contributed by atoms with Crippen LogP contribution >= 0.6 is 0 Å². The van der Waals surface area contributed by atoms with E-state index in [0.29, 0.717) is 6.54 Å². The van der Waals surface area contributed by atoms with Gasteiger partial charge in [-0.05, 0) is 31.0 Å². The van der Waals surface area contributed by atoms with Gasteiger partial charge in [-0.1, -0.05) is 6.92 Å². The monoisotopic (exact) mass is 193 g/mol. The standard InChI is InChI=1S/C11H19N3/c1-4-5-14(3)11-7-10(8-12)6-9(2)13-11/h6-7H,4-5,8,12H2,1-3H3. The van der Waals surface area contributed by atoms with Gasteiger partial charge in [-0.2, -0.15) is 0 Å². The van der Waals surface area contributed by atoms with Crippen molar-refractivity contribution in [2.75, 3.05) is 18.5 Å². The number of aromatic nitrogens is 1. The zero-order valence-corrected chi connectivity index (χ0v) is 9.25. The van der Waals surface area contributed by atoms with Crippen LogP contribution in [0, 0.1) is 6.92 Å². The van der Waals surface area contributed by atoms with Gasteiger partial charge in [0.1, 0.15) is 5.82 Å². The van der Waals surface area contributed by atoms with Crippen LogP contribution in [0.3, 0.4) is 0 Å². The van der Waals surface area contributed by atoms with Crippen molar-refractivity contribution in [3.63, 3.8) is 0 Å². The van der Waals surface area contributed by atoms with Crippen molar-refractivity contribution in [3.8, 4) is 0 Å². The van der Waals surface area contributed by atoms with Gasteiger partial charge in [-0.15, -0.1) is 0 Å². The van der Waals surface area contributed by atoms with Gasteiger partial charge < -0.3 is 10.6 Å². The molecule has 14 heavy (non-hydrogen) atoms. The van der Waals surface area contributed by atoms with Crippen LogP contribution in [0.15, 0.2) is 12.1 Å². The fraction of sp³-hybridized carbons (Fsp3) is 0.545. The molecule has 78 valence electrons. The first-order chi connectivity index (χ1) is 6.67. The van der Waals surface area contributed by atoms with Crippen LogP contribution in [0.4, 0.5) is 5.82 Å². The summed E-state index contributed by atoms with van der Waals surface area (Å²) in [7, 11) is 2.06. The lowest BCUT2D eigenvalue weighted by Crippen LogP contribution is -2.19. The van der Waals surface area contributed by atoms with E-state index in [1.54, 1.807) is 0 Å². The van der Waals surface area contributed by atoms with E-state index < -0.39 is 0 Å². The molecule has 0 bridgehead atoms. The summed E-state index contributed by atoms with van der Waals surface area (Å²) in [6.07, 6.45) is 1.13. The van der Waals surface area contributed by atoms with E-state index in [1.165, 1.54) is 0 Å². The Hall–Kier alpha value is -1.09. The molecule has 0 saturated heterocycles. The van der Waals surface area contributed by atoms with Crippen molar-refractivity contribution < 1.29 is 0 Å². The molecule has 1 aromatic heterocycles. The smallest absolute Gasteiger partial charge is 0.128 e. The lowest BCUT2D eigenvalue weighted by atomic mass is 10.2. The van der Waals surface area contributed by atoms with Gasteiger partial charge in [0, 0.05) is 25.8 Å². The first kappa shape index (κ1) is 11.0. The summed E-state index contributed by atoms with van der Waals surface area (Å²) in [5.41, 5.74) is 7.80. The van der Waals surface area contributed by atoms with Crippen LogP contribution in [-0.2, 0) is 6.54 Å². The van der Waals surface area contributed by atoms with Crippen molar-refractivity contribution in [2.45, 2.75) is 26.8 Å². The summed E-state index contributed by atoms with van der Waals surface area (Å²) < 4.78 is 0. The molecular weight excluding hydrogens is 174 g/mol. The number of nitrogens with zero attached hydrogens (tertiary/aromatic N) is 2. The first-order valence-electron chi connectivity index (χ1n) is 5.06. The second-order valence-electron chi connectivity index (χ2n) is 3.60. The van der Waals surface area contributed by atoms with E-state index in [1.807, 2.05) is 13.0 Å². The molecule has 0 unspecified atom stereocenters. The molecule has 0 aliphatic rings. The van der Waals surface area contributed by atoms with E-state index in [2.05, 4.69) is 29.9 Å². The highest BCUT2D eigenvalue weighted by atomic mass is 15.2. The number of anilines is 1. The van der Waals surface area contributed by atoms with Crippen molar-refractivity contribution >= 4 is 5.82 Å². The number of rotatable bonds is 4. The summed E-state index contributed by atoms with van der Waals surface area (Å²) in [4.78, 5) is 6.63. The largest absolute Gasteiger partial charge is 0.360 e. The van der Waals surface area contributed by atoms with E-state index in [0.717, 1.165) is 30.0 Å². The molecule has 1 heterocycles. The van der Waals surface area contributed by atoms with Crippen LogP contribution in [0.1, 0.15) is 24.6 Å². The Labute approximate surface area is 85.9 Å². The van der Waals surface area contributed by atoms with Crippen LogP contribution in [-0.4, -0.2) is 18.6 Å². The van der Waals surface area contributed by atoms with Gasteiger partial charge in [0.05, 0.1) is 0 Å². The molecule has 2 N–H and O–H groups in total. The van der Waals surface area contributed by atoms with E-state index in [4.69, 9.17) is 5.73 Å². The highest BCUT2D eigenvalue weighted by Gasteiger charge is 2.03. The minimum absolute atomic E-state index is 0.580. The average molecular weight is 193 g/mol. The molecule has 3 heteroatoms. The molecule has 0 spiro atoms. The van der Waals surface area contributed by atoms with Crippen LogP contribution in [0.5, 0.6) is 0 Å². The topological polar surface area (TPSA) is 42.1 Å². The third kappa shape index (κ3) is 2.70. The Balaban J connectivity index is 2.90. The predicted octanol–water partition coefficient (Wildman–Crippen LogP) is 1.69. The van der Waals surface area contributed by atoms with Gasteiger partial charge in [0.15, 0.2) is 0 Å². The second kappa shape index (κ2) is 4.96. The van der Waals surface area contributed by atoms with Gasteiger partial charge >= 0.3 is 0 Å². The maximum atomic E-state index is 5.62. The Morgan fingerprint density at radius 3 is 2.71 bits per heavy atom. The second-order valence-corrected chi connectivity index (χ2v) is 3.60. The normalized spacial score (nSPS) is 10.3. The third-order valence-electron chi connectivity index (χ3n) is 2.19. The molecule has 0 fully saturated rings. The molecule has 0 atom stereocenters. The molecule has 3 nitrogen and oxygen atoms in total. The van der Waals surface area contributed by atoms with Gasteiger partial charge in [-0.25, -0.2) is 4.98 Å². The average Bonchev–Trinajstić information content (AvgIpc) is 2.17. The molecule has 0 saturated carbocycles. The Morgan fingerprint density at radius 1 is 1.43 bits per heavy atom. The summed E-state index contributed by atoms with van der Waals surface area (Å²) in [6, 6.07) is 4.09. The van der Waals surface area contributed by atoms with Gasteiger partial charge in [0.25, 0.3) is 0 Å². The molecule has 0 amide bonds. The summed E-state index contributed by atoms with van der Waals surface area (Å²) in [5, 5.41) is 0. The lowest BCUT2D eigenvalue weighted by molar-refractivity contribution is 0.832. The molecule has 1 rings (SSSR count). The number of nitrogens with two attached hydrogens (primary N) is 1. The van der Waals surface area contributed by atoms with Crippen molar-refractivity contribution in [3.05, 3.63) is 23.4 Å². The zero-order chi connectivity index (χ0) is 10.6. The van der Waals surface area contributed by atoms with E-state index >= 15 is 0 Å². The summed E-state index contributed by atoms with van der Waals surface area (Å²) in [5.74, 6) is 1.02. The lowest BCUT2D eigenvalue weighted by Gasteiger charge is -2.18. The SMILES string of the molecule is CCCN(C)c1cc(CN)cc(C)n1. The fourth-order valence-electron chi connectivity index (χ4n) is 1.48. The summed E-state index contributed by atoms with van der Waals surface area (Å²) >= 11 is 0. The molecular formula is C11H19N3. The van der Waals surface area contributed by atoms with E-state index in [9.17, 15) is 0 Å². The number of hydrogen-bond acceptors (Lipinski definition) is 3. The molecule has 0 aliphatic carbocycles. The first-order valence-corrected chi connectivity index (χ1v) is 5.06. The third-order valence-corrected chi connectivity index (χ3v) is 2.19. The molecule has 1 aromatic rings. The number of aryl methyl sites for hydroxylation is 1. The fourth-order valence-corrected chi connectivity index (χ4v) is 1.48. The van der Waals surface area contributed by atoms with Crippen LogP contribution in [0.2, 0.25) is 0 Å². The zero-order valence-electron chi connectivity index (χ0n) is 9.25. The van der Waals surface area contributed by atoms with Crippen molar-refractivity contribution in [2.24, 2.45) is 5.73 Å². The van der Waals surface area contributed by atoms with Crippen molar-refractivity contribution in [1.82, 2.24) is 4.98 Å². The van der Waals surface area contributed by atoms with E-state index in [-0.39, 0.29) is 0 Å². The molecule has 0 aromatic carbocycles.